The number of primary amides is 1. The molecule has 2 rings (SSSR count). The van der Waals surface area contributed by atoms with E-state index in [4.69, 9.17) is 10.5 Å². The molecule has 1 aliphatic rings. The predicted molar refractivity (Wildman–Crippen MR) is 80.9 cm³/mol. The summed E-state index contributed by atoms with van der Waals surface area (Å²) in [5, 5.41) is 9.62. The first-order valence-corrected chi connectivity index (χ1v) is 7.42. The summed E-state index contributed by atoms with van der Waals surface area (Å²) >= 11 is 0. The van der Waals surface area contributed by atoms with Crippen LogP contribution in [0.25, 0.3) is 0 Å². The molecule has 1 saturated carbocycles. The molecule has 0 unspecified atom stereocenters. The van der Waals surface area contributed by atoms with Crippen LogP contribution in [-0.4, -0.2) is 41.7 Å². The largest absolute Gasteiger partial charge is 0.497 e. The highest BCUT2D eigenvalue weighted by molar-refractivity contribution is 5.76. The van der Waals surface area contributed by atoms with Crippen LogP contribution in [0, 0.1) is 0 Å². The van der Waals surface area contributed by atoms with Gasteiger partial charge < -0.3 is 15.6 Å². The maximum Gasteiger partial charge on any atom is 0.231 e. The average molecular weight is 292 g/mol. The first-order valence-electron chi connectivity index (χ1n) is 7.42. The van der Waals surface area contributed by atoms with Gasteiger partial charge >= 0.3 is 0 Å². The molecule has 1 aromatic carbocycles. The van der Waals surface area contributed by atoms with E-state index in [1.54, 1.807) is 7.11 Å². The number of aliphatic hydroxyl groups is 1. The van der Waals surface area contributed by atoms with Gasteiger partial charge in [0.05, 0.1) is 19.8 Å². The number of carbonyl (C=O) groups is 1. The molecule has 0 spiro atoms. The van der Waals surface area contributed by atoms with Gasteiger partial charge in [-0.2, -0.15) is 0 Å². The highest BCUT2D eigenvalue weighted by Gasteiger charge is 2.25. The van der Waals surface area contributed by atoms with Crippen molar-refractivity contribution in [1.82, 2.24) is 4.90 Å². The summed E-state index contributed by atoms with van der Waals surface area (Å²) in [4.78, 5) is 13.5. The fraction of sp³-hybridized carbons (Fsp3) is 0.562. The molecule has 0 aromatic heterocycles. The molecule has 1 aromatic rings. The topological polar surface area (TPSA) is 75.8 Å². The van der Waals surface area contributed by atoms with E-state index in [9.17, 15) is 9.90 Å². The fourth-order valence-electron chi connectivity index (χ4n) is 2.94. The average Bonchev–Trinajstić information content (AvgIpc) is 2.47. The zero-order chi connectivity index (χ0) is 15.2. The molecule has 116 valence electrons. The molecule has 3 N–H and O–H groups in total. The van der Waals surface area contributed by atoms with Crippen LogP contribution in [0.1, 0.15) is 31.2 Å². The zero-order valence-electron chi connectivity index (χ0n) is 12.5. The fourth-order valence-corrected chi connectivity index (χ4v) is 2.94. The molecule has 1 fully saturated rings. The Morgan fingerprint density at radius 3 is 2.71 bits per heavy atom. The summed E-state index contributed by atoms with van der Waals surface area (Å²) in [7, 11) is 1.64. The van der Waals surface area contributed by atoms with E-state index in [0.29, 0.717) is 12.6 Å². The molecular formula is C16H24N2O3. The molecule has 21 heavy (non-hydrogen) atoms. The monoisotopic (exact) mass is 292 g/mol. The molecular weight excluding hydrogens is 268 g/mol. The van der Waals surface area contributed by atoms with Gasteiger partial charge in [-0.1, -0.05) is 12.1 Å². The Labute approximate surface area is 125 Å². The Morgan fingerprint density at radius 1 is 1.38 bits per heavy atom. The number of hydrogen-bond donors (Lipinski definition) is 2. The summed E-state index contributed by atoms with van der Waals surface area (Å²) in [5.41, 5.74) is 6.48. The Hall–Kier alpha value is -1.59. The van der Waals surface area contributed by atoms with Crippen LogP contribution in [0.15, 0.2) is 24.3 Å². The van der Waals surface area contributed by atoms with E-state index in [2.05, 4.69) is 4.90 Å². The van der Waals surface area contributed by atoms with E-state index in [-0.39, 0.29) is 18.6 Å². The number of methoxy groups -OCH3 is 1. The van der Waals surface area contributed by atoms with Crippen LogP contribution in [0.3, 0.4) is 0 Å². The predicted octanol–water partition coefficient (Wildman–Crippen LogP) is 1.29. The van der Waals surface area contributed by atoms with Gasteiger partial charge in [-0.25, -0.2) is 0 Å². The number of hydrogen-bond acceptors (Lipinski definition) is 4. The summed E-state index contributed by atoms with van der Waals surface area (Å²) in [6.45, 7) is 0.916. The molecule has 1 amide bonds. The molecule has 5 nitrogen and oxygen atoms in total. The van der Waals surface area contributed by atoms with E-state index in [1.165, 1.54) is 0 Å². The van der Waals surface area contributed by atoms with Crippen molar-refractivity contribution in [2.24, 2.45) is 5.73 Å². The number of nitrogens with two attached hydrogens (primary N) is 1. The van der Waals surface area contributed by atoms with Crippen molar-refractivity contribution in [3.05, 3.63) is 29.8 Å². The number of rotatable bonds is 6. The van der Waals surface area contributed by atoms with Gasteiger partial charge in [0.1, 0.15) is 5.75 Å². The van der Waals surface area contributed by atoms with Gasteiger partial charge in [-0.15, -0.1) is 0 Å². The van der Waals surface area contributed by atoms with Crippen LogP contribution >= 0.6 is 0 Å². The SMILES string of the molecule is COc1cccc(CN(CC(N)=O)C2CCC(O)CC2)c1. The summed E-state index contributed by atoms with van der Waals surface area (Å²) in [5.74, 6) is 0.495. The van der Waals surface area contributed by atoms with Gasteiger partial charge in [-0.05, 0) is 43.4 Å². The Bertz CT molecular complexity index is 470. The number of nitrogens with zero attached hydrogens (tertiary/aromatic N) is 1. The van der Waals surface area contributed by atoms with E-state index >= 15 is 0 Å². The second-order valence-corrected chi connectivity index (χ2v) is 5.69. The molecule has 0 heterocycles. The Kier molecular flexibility index (Phi) is 5.59. The van der Waals surface area contributed by atoms with Crippen LogP contribution in [0.5, 0.6) is 5.75 Å². The highest BCUT2D eigenvalue weighted by atomic mass is 16.5. The molecule has 1 aliphatic carbocycles. The molecule has 0 radical (unpaired) electrons. The van der Waals surface area contributed by atoms with Crippen molar-refractivity contribution in [2.45, 2.75) is 44.4 Å². The zero-order valence-corrected chi connectivity index (χ0v) is 12.5. The van der Waals surface area contributed by atoms with Gasteiger partial charge in [0, 0.05) is 12.6 Å². The smallest absolute Gasteiger partial charge is 0.231 e. The van der Waals surface area contributed by atoms with Crippen LogP contribution in [-0.2, 0) is 11.3 Å². The standard InChI is InChI=1S/C16H24N2O3/c1-21-15-4-2-3-12(9-15)10-18(11-16(17)20)13-5-7-14(19)8-6-13/h2-4,9,13-14,19H,5-8,10-11H2,1H3,(H2,17,20). The Balaban J connectivity index is 2.06. The van der Waals surface area contributed by atoms with Crippen molar-refractivity contribution in [3.63, 3.8) is 0 Å². The van der Waals surface area contributed by atoms with Crippen LogP contribution in [0.2, 0.25) is 0 Å². The van der Waals surface area contributed by atoms with E-state index < -0.39 is 0 Å². The van der Waals surface area contributed by atoms with Gasteiger partial charge in [0.25, 0.3) is 0 Å². The number of aliphatic hydroxyl groups excluding tert-OH is 1. The normalized spacial score (nSPS) is 22.2. The van der Waals surface area contributed by atoms with Crippen molar-refractivity contribution >= 4 is 5.91 Å². The van der Waals surface area contributed by atoms with Crippen LogP contribution < -0.4 is 10.5 Å². The van der Waals surface area contributed by atoms with Gasteiger partial charge in [0.2, 0.25) is 5.91 Å². The van der Waals surface area contributed by atoms with Crippen molar-refractivity contribution in [3.8, 4) is 5.75 Å². The van der Waals surface area contributed by atoms with Gasteiger partial charge in [-0.3, -0.25) is 9.69 Å². The first kappa shape index (κ1) is 15.8. The van der Waals surface area contributed by atoms with Crippen molar-refractivity contribution < 1.29 is 14.6 Å². The summed E-state index contributed by atoms with van der Waals surface area (Å²) in [6.07, 6.45) is 3.18. The van der Waals surface area contributed by atoms with Crippen LogP contribution in [0.4, 0.5) is 0 Å². The maximum absolute atomic E-state index is 11.3. The lowest BCUT2D eigenvalue weighted by Crippen LogP contribution is -2.43. The molecule has 0 bridgehead atoms. The van der Waals surface area contributed by atoms with Crippen molar-refractivity contribution in [1.29, 1.82) is 0 Å². The lowest BCUT2D eigenvalue weighted by Gasteiger charge is -2.35. The summed E-state index contributed by atoms with van der Waals surface area (Å²) < 4.78 is 5.23. The molecule has 0 atom stereocenters. The third-order valence-electron chi connectivity index (χ3n) is 4.06. The lowest BCUT2D eigenvalue weighted by atomic mass is 9.91. The first-order chi connectivity index (χ1) is 10.1. The number of ether oxygens (including phenoxy) is 1. The lowest BCUT2D eigenvalue weighted by molar-refractivity contribution is -0.120. The second-order valence-electron chi connectivity index (χ2n) is 5.69. The van der Waals surface area contributed by atoms with Gasteiger partial charge in [0.15, 0.2) is 0 Å². The van der Waals surface area contributed by atoms with E-state index in [0.717, 1.165) is 37.0 Å². The minimum absolute atomic E-state index is 0.200. The molecule has 0 aliphatic heterocycles. The minimum atomic E-state index is -0.316. The second kappa shape index (κ2) is 7.43. The third kappa shape index (κ3) is 4.72. The quantitative estimate of drug-likeness (QED) is 0.828. The number of carbonyl (C=O) groups excluding carboxylic acids is 1. The number of amides is 1. The third-order valence-corrected chi connectivity index (χ3v) is 4.06. The number of benzene rings is 1. The highest BCUT2D eigenvalue weighted by Crippen LogP contribution is 2.25. The van der Waals surface area contributed by atoms with E-state index in [1.807, 2.05) is 24.3 Å². The summed E-state index contributed by atoms with van der Waals surface area (Å²) in [6, 6.07) is 8.15. The van der Waals surface area contributed by atoms with Crippen molar-refractivity contribution in [2.75, 3.05) is 13.7 Å². The maximum atomic E-state index is 11.3. The minimum Gasteiger partial charge on any atom is -0.497 e. The molecule has 0 saturated heterocycles. The molecule has 5 heteroatoms. The Morgan fingerprint density at radius 2 is 2.10 bits per heavy atom.